The molecule has 2 fully saturated rings. The molecule has 0 radical (unpaired) electrons. The van der Waals surface area contributed by atoms with Crippen LogP contribution in [-0.4, -0.2) is 52.6 Å². The lowest BCUT2D eigenvalue weighted by atomic mass is 9.79. The number of aliphatic carboxylic acids is 1. The number of carbonyl (C=O) groups is 3. The maximum atomic E-state index is 11.7. The van der Waals surface area contributed by atoms with E-state index in [1.54, 1.807) is 0 Å². The number of carbonyl (C=O) groups excluding carboxylic acids is 3. The Labute approximate surface area is 126 Å². The van der Waals surface area contributed by atoms with Crippen molar-refractivity contribution in [3.8, 4) is 0 Å². The number of esters is 3. The molecule has 2 bridgehead atoms. The van der Waals surface area contributed by atoms with Gasteiger partial charge in [-0.15, -0.1) is 0 Å². The zero-order valence-electron chi connectivity index (χ0n) is 12.0. The van der Waals surface area contributed by atoms with Crippen molar-refractivity contribution in [1.82, 2.24) is 0 Å². The zero-order chi connectivity index (χ0) is 16.4. The molecule has 8 nitrogen and oxygen atoms in total. The van der Waals surface area contributed by atoms with Gasteiger partial charge in [-0.2, -0.15) is 0 Å². The Morgan fingerprint density at radius 1 is 1.41 bits per heavy atom. The number of hydrogen-bond acceptors (Lipinski definition) is 6. The first-order valence-corrected chi connectivity index (χ1v) is 6.77. The van der Waals surface area contributed by atoms with E-state index in [0.717, 1.165) is 0 Å². The van der Waals surface area contributed by atoms with Gasteiger partial charge in [0.05, 0.1) is 0 Å². The third kappa shape index (κ3) is 3.26. The van der Waals surface area contributed by atoms with Crippen LogP contribution in [0.1, 0.15) is 19.8 Å². The van der Waals surface area contributed by atoms with Crippen molar-refractivity contribution >= 4 is 23.9 Å². The van der Waals surface area contributed by atoms with Gasteiger partial charge in [-0.05, 0) is 13.3 Å². The van der Waals surface area contributed by atoms with E-state index in [9.17, 15) is 24.3 Å². The fraction of sp³-hybridized carbons (Fsp3) is 0.571. The van der Waals surface area contributed by atoms with E-state index in [1.165, 1.54) is 6.92 Å². The van der Waals surface area contributed by atoms with Gasteiger partial charge in [0.15, 0.2) is 12.7 Å². The minimum Gasteiger partial charge on any atom is -0.481 e. The lowest BCUT2D eigenvalue weighted by Crippen LogP contribution is -2.44. The highest BCUT2D eigenvalue weighted by atomic mass is 16.6. The van der Waals surface area contributed by atoms with Crippen LogP contribution in [0.3, 0.4) is 0 Å². The molecule has 0 spiro atoms. The number of ether oxygens (including phenoxy) is 3. The first kappa shape index (κ1) is 16.0. The molecule has 1 heterocycles. The maximum Gasteiger partial charge on any atom is 0.486 e. The molecule has 22 heavy (non-hydrogen) atoms. The van der Waals surface area contributed by atoms with E-state index in [0.29, 0.717) is 6.42 Å². The van der Waals surface area contributed by atoms with E-state index in [1.807, 2.05) is 0 Å². The standard InChI is InChI=1S/C14H16O8/c1-6(2)13(18)20-5-10(15)22-11-8(12(16)17)3-7-4-9(11)21-14(7)19/h7-9,11H,1,3-5H2,2H3,(H,16,17)/p+1. The average molecular weight is 313 g/mol. The number of rotatable bonds is 5. The highest BCUT2D eigenvalue weighted by molar-refractivity contribution is 5.88. The van der Waals surface area contributed by atoms with Gasteiger partial charge in [0.25, 0.3) is 0 Å². The molecule has 1 saturated heterocycles. The molecule has 0 aromatic carbocycles. The summed E-state index contributed by atoms with van der Waals surface area (Å²) in [6.07, 6.45) is -1.23. The van der Waals surface area contributed by atoms with Gasteiger partial charge in [-0.25, -0.2) is 9.59 Å². The second-order valence-electron chi connectivity index (χ2n) is 5.42. The third-order valence-corrected chi connectivity index (χ3v) is 3.69. The SMILES string of the molecule is C=C(C)C(=O)OCC(=O)OC1C2CC(CC1C(=O)O)C(=[OH+])O2. The van der Waals surface area contributed by atoms with Crippen molar-refractivity contribution in [2.45, 2.75) is 32.0 Å². The first-order chi connectivity index (χ1) is 10.3. The van der Waals surface area contributed by atoms with Crippen LogP contribution in [0.25, 0.3) is 0 Å². The molecule has 1 aliphatic carbocycles. The number of carboxylic acids is 1. The van der Waals surface area contributed by atoms with Crippen LogP contribution in [0, 0.1) is 11.8 Å². The lowest BCUT2D eigenvalue weighted by Gasteiger charge is -2.27. The minimum absolute atomic E-state index is 0.126. The number of carboxylic acid groups (broad SMARTS) is 1. The smallest absolute Gasteiger partial charge is 0.481 e. The van der Waals surface area contributed by atoms with E-state index in [-0.39, 0.29) is 23.9 Å². The van der Waals surface area contributed by atoms with E-state index in [4.69, 9.17) is 9.47 Å². The topological polar surface area (TPSA) is 121 Å². The van der Waals surface area contributed by atoms with Crippen LogP contribution in [0.15, 0.2) is 12.2 Å². The molecule has 1 saturated carbocycles. The Hall–Kier alpha value is -2.38. The zero-order valence-corrected chi connectivity index (χ0v) is 12.0. The van der Waals surface area contributed by atoms with Gasteiger partial charge in [0.2, 0.25) is 6.10 Å². The molecule has 2 aliphatic rings. The molecule has 4 atom stereocenters. The van der Waals surface area contributed by atoms with Crippen molar-refractivity contribution in [3.05, 3.63) is 12.2 Å². The van der Waals surface area contributed by atoms with Crippen LogP contribution in [0.4, 0.5) is 0 Å². The van der Waals surface area contributed by atoms with Gasteiger partial charge in [-0.1, -0.05) is 6.58 Å². The maximum absolute atomic E-state index is 11.7. The summed E-state index contributed by atoms with van der Waals surface area (Å²) in [5.74, 6) is -4.30. The highest BCUT2D eigenvalue weighted by Gasteiger charge is 2.58. The van der Waals surface area contributed by atoms with Crippen LogP contribution >= 0.6 is 0 Å². The summed E-state index contributed by atoms with van der Waals surface area (Å²) in [7, 11) is 0. The largest absolute Gasteiger partial charge is 0.486 e. The van der Waals surface area contributed by atoms with E-state index >= 15 is 0 Å². The van der Waals surface area contributed by atoms with Crippen molar-refractivity contribution in [2.75, 3.05) is 6.61 Å². The van der Waals surface area contributed by atoms with E-state index < -0.39 is 42.6 Å². The van der Waals surface area contributed by atoms with Crippen LogP contribution < -0.4 is 0 Å². The summed E-state index contributed by atoms with van der Waals surface area (Å²) in [6, 6.07) is 0. The van der Waals surface area contributed by atoms with Gasteiger partial charge in [0, 0.05) is 12.0 Å². The summed E-state index contributed by atoms with van der Waals surface area (Å²) in [5.41, 5.74) is 0.135. The van der Waals surface area contributed by atoms with Crippen molar-refractivity contribution < 1.29 is 38.5 Å². The molecular weight excluding hydrogens is 296 g/mol. The Bertz CT molecular complexity index is 537. The third-order valence-electron chi connectivity index (χ3n) is 3.69. The molecule has 120 valence electrons. The molecular formula is C14H17O8+. The number of fused-ring (bicyclic) bond motifs is 2. The first-order valence-electron chi connectivity index (χ1n) is 6.77. The van der Waals surface area contributed by atoms with Crippen molar-refractivity contribution in [1.29, 1.82) is 0 Å². The summed E-state index contributed by atoms with van der Waals surface area (Å²) < 4.78 is 14.9. The predicted octanol–water partition coefficient (Wildman–Crippen LogP) is 0.0295. The van der Waals surface area contributed by atoms with E-state index in [2.05, 4.69) is 11.3 Å². The molecule has 2 rings (SSSR count). The highest BCUT2D eigenvalue weighted by Crippen LogP contribution is 2.39. The van der Waals surface area contributed by atoms with Gasteiger partial charge < -0.3 is 24.1 Å². The molecule has 1 aliphatic heterocycles. The molecule has 0 aromatic heterocycles. The second kappa shape index (κ2) is 6.17. The van der Waals surface area contributed by atoms with Crippen LogP contribution in [0.5, 0.6) is 0 Å². The van der Waals surface area contributed by atoms with Gasteiger partial charge in [0.1, 0.15) is 11.8 Å². The fourth-order valence-electron chi connectivity index (χ4n) is 2.61. The van der Waals surface area contributed by atoms with Crippen LogP contribution in [-0.2, 0) is 28.6 Å². The van der Waals surface area contributed by atoms with Crippen molar-refractivity contribution in [3.63, 3.8) is 0 Å². The predicted molar refractivity (Wildman–Crippen MR) is 71.3 cm³/mol. The fourth-order valence-corrected chi connectivity index (χ4v) is 2.61. The summed E-state index contributed by atoms with van der Waals surface area (Å²) in [6.45, 7) is 4.16. The normalized spacial score (nSPS) is 29.4. The molecule has 4 unspecified atom stereocenters. The number of hydrogen-bond donors (Lipinski definition) is 1. The van der Waals surface area contributed by atoms with Crippen molar-refractivity contribution in [2.24, 2.45) is 11.8 Å². The van der Waals surface area contributed by atoms with Crippen LogP contribution in [0.2, 0.25) is 0 Å². The molecule has 0 amide bonds. The lowest BCUT2D eigenvalue weighted by molar-refractivity contribution is -0.173. The van der Waals surface area contributed by atoms with Gasteiger partial charge >= 0.3 is 23.9 Å². The van der Waals surface area contributed by atoms with Gasteiger partial charge in [-0.3, -0.25) is 4.79 Å². The summed E-state index contributed by atoms with van der Waals surface area (Å²) >= 11 is 0. The Morgan fingerprint density at radius 2 is 2.09 bits per heavy atom. The molecule has 2 N–H and O–H groups in total. The second-order valence-corrected chi connectivity index (χ2v) is 5.42. The average Bonchev–Trinajstić information content (AvgIpc) is 2.75. The molecule has 8 heteroatoms. The Morgan fingerprint density at radius 3 is 2.68 bits per heavy atom. The summed E-state index contributed by atoms with van der Waals surface area (Å²) in [4.78, 5) is 43.8. The Kier molecular flexibility index (Phi) is 4.48. The monoisotopic (exact) mass is 313 g/mol. The quantitative estimate of drug-likeness (QED) is 0.329. The minimum atomic E-state index is -1.13. The summed E-state index contributed by atoms with van der Waals surface area (Å²) in [5, 5.41) is 9.23. The Balaban J connectivity index is 1.98. The molecule has 0 aromatic rings.